The van der Waals surface area contributed by atoms with Crippen molar-refractivity contribution in [1.82, 2.24) is 10.2 Å². The Labute approximate surface area is 167 Å². The van der Waals surface area contributed by atoms with E-state index in [4.69, 9.17) is 11.6 Å². The smallest absolute Gasteiger partial charge is 0.221 e. The number of benzene rings is 2. The van der Waals surface area contributed by atoms with Gasteiger partial charge in [0.1, 0.15) is 0 Å². The first-order valence-corrected chi connectivity index (χ1v) is 10.1. The van der Waals surface area contributed by atoms with Crippen molar-refractivity contribution in [3.63, 3.8) is 0 Å². The molecule has 4 nitrogen and oxygen atoms in total. The fraction of sp³-hybridized carbons (Fsp3) is 0.409. The highest BCUT2D eigenvalue weighted by atomic mass is 35.5. The molecule has 0 spiro atoms. The molecule has 1 amide bonds. The minimum absolute atomic E-state index is 0.153. The van der Waals surface area contributed by atoms with Crippen molar-refractivity contribution in [1.29, 1.82) is 0 Å². The number of anilines is 1. The molecular formula is C22H28ClN3O. The van der Waals surface area contributed by atoms with E-state index in [1.807, 2.05) is 24.3 Å². The first-order chi connectivity index (χ1) is 13.2. The largest absolute Gasteiger partial charge is 0.369 e. The fourth-order valence-electron chi connectivity index (χ4n) is 3.42. The lowest BCUT2D eigenvalue weighted by molar-refractivity contribution is -0.121. The van der Waals surface area contributed by atoms with E-state index < -0.39 is 0 Å². The highest BCUT2D eigenvalue weighted by Gasteiger charge is 2.17. The third-order valence-electron chi connectivity index (χ3n) is 5.01. The molecule has 2 aromatic carbocycles. The Morgan fingerprint density at radius 2 is 1.78 bits per heavy atom. The number of piperazine rings is 1. The monoisotopic (exact) mass is 385 g/mol. The predicted octanol–water partition coefficient (Wildman–Crippen LogP) is 3.60. The van der Waals surface area contributed by atoms with Gasteiger partial charge in [-0.3, -0.25) is 9.69 Å². The third-order valence-corrected chi connectivity index (χ3v) is 5.24. The van der Waals surface area contributed by atoms with Crippen molar-refractivity contribution >= 4 is 23.2 Å². The number of rotatable bonds is 8. The molecule has 2 aromatic rings. The number of hydrogen-bond donors (Lipinski definition) is 1. The molecule has 5 heteroatoms. The third kappa shape index (κ3) is 6.56. The fourth-order valence-corrected chi connectivity index (χ4v) is 3.60. The molecule has 0 unspecified atom stereocenters. The van der Waals surface area contributed by atoms with E-state index >= 15 is 0 Å². The van der Waals surface area contributed by atoms with Gasteiger partial charge in [0, 0.05) is 56.4 Å². The first-order valence-electron chi connectivity index (χ1n) is 9.74. The number of halogens is 1. The van der Waals surface area contributed by atoms with Crippen LogP contribution in [0.2, 0.25) is 5.02 Å². The van der Waals surface area contributed by atoms with Crippen molar-refractivity contribution in [3.05, 3.63) is 65.2 Å². The van der Waals surface area contributed by atoms with Crippen LogP contribution in [0, 0.1) is 0 Å². The minimum atomic E-state index is 0.153. The van der Waals surface area contributed by atoms with E-state index in [-0.39, 0.29) is 5.91 Å². The van der Waals surface area contributed by atoms with Gasteiger partial charge in [-0.15, -0.1) is 0 Å². The number of hydrogen-bond acceptors (Lipinski definition) is 3. The molecule has 0 radical (unpaired) electrons. The van der Waals surface area contributed by atoms with Crippen LogP contribution < -0.4 is 10.2 Å². The second-order valence-corrected chi connectivity index (χ2v) is 7.43. The maximum atomic E-state index is 12.1. The van der Waals surface area contributed by atoms with Gasteiger partial charge in [-0.1, -0.05) is 48.0 Å². The SMILES string of the molecule is O=C(CCN1CCN(c2cccc(Cl)c2)CC1)NCCCc1ccccc1. The van der Waals surface area contributed by atoms with E-state index in [1.165, 1.54) is 11.3 Å². The van der Waals surface area contributed by atoms with E-state index in [9.17, 15) is 4.79 Å². The average Bonchev–Trinajstić information content (AvgIpc) is 2.71. The van der Waals surface area contributed by atoms with E-state index in [0.717, 1.165) is 57.1 Å². The first kappa shape index (κ1) is 19.7. The summed E-state index contributed by atoms with van der Waals surface area (Å²) in [4.78, 5) is 16.8. The Kier molecular flexibility index (Phi) is 7.55. The zero-order chi connectivity index (χ0) is 18.9. The molecule has 3 rings (SSSR count). The lowest BCUT2D eigenvalue weighted by Gasteiger charge is -2.36. The van der Waals surface area contributed by atoms with Crippen molar-refractivity contribution in [3.8, 4) is 0 Å². The lowest BCUT2D eigenvalue weighted by Crippen LogP contribution is -2.47. The van der Waals surface area contributed by atoms with Gasteiger partial charge in [-0.05, 0) is 36.6 Å². The van der Waals surface area contributed by atoms with Crippen molar-refractivity contribution in [2.45, 2.75) is 19.3 Å². The van der Waals surface area contributed by atoms with Crippen LogP contribution in [0.1, 0.15) is 18.4 Å². The summed E-state index contributed by atoms with van der Waals surface area (Å²) in [6, 6.07) is 18.4. The lowest BCUT2D eigenvalue weighted by atomic mass is 10.1. The number of carbonyl (C=O) groups excluding carboxylic acids is 1. The van der Waals surface area contributed by atoms with Crippen LogP contribution in [0.3, 0.4) is 0 Å². The highest BCUT2D eigenvalue weighted by Crippen LogP contribution is 2.20. The van der Waals surface area contributed by atoms with Crippen molar-refractivity contribution in [2.75, 3.05) is 44.2 Å². The average molecular weight is 386 g/mol. The molecule has 0 aliphatic carbocycles. The number of nitrogens with zero attached hydrogens (tertiary/aromatic N) is 2. The topological polar surface area (TPSA) is 35.6 Å². The molecule has 27 heavy (non-hydrogen) atoms. The van der Waals surface area contributed by atoms with Crippen molar-refractivity contribution < 1.29 is 4.79 Å². The maximum absolute atomic E-state index is 12.1. The molecule has 0 aromatic heterocycles. The molecule has 144 valence electrons. The van der Waals surface area contributed by atoms with Gasteiger partial charge in [-0.25, -0.2) is 0 Å². The second kappa shape index (κ2) is 10.3. The predicted molar refractivity (Wildman–Crippen MR) is 112 cm³/mol. The maximum Gasteiger partial charge on any atom is 0.221 e. The zero-order valence-corrected chi connectivity index (χ0v) is 16.5. The molecule has 0 atom stereocenters. The second-order valence-electron chi connectivity index (χ2n) is 7.00. The molecule has 0 bridgehead atoms. The number of nitrogens with one attached hydrogen (secondary N) is 1. The van der Waals surface area contributed by atoms with Crippen LogP contribution >= 0.6 is 11.6 Å². The van der Waals surface area contributed by atoms with Crippen LogP contribution in [-0.2, 0) is 11.2 Å². The highest BCUT2D eigenvalue weighted by molar-refractivity contribution is 6.30. The summed E-state index contributed by atoms with van der Waals surface area (Å²) in [6.45, 7) is 5.48. The van der Waals surface area contributed by atoms with Gasteiger partial charge in [0.15, 0.2) is 0 Å². The quantitative estimate of drug-likeness (QED) is 0.705. The molecule has 1 N–H and O–H groups in total. The van der Waals surface area contributed by atoms with Crippen LogP contribution in [-0.4, -0.2) is 50.1 Å². The Hall–Kier alpha value is -2.04. The molecule has 0 saturated carbocycles. The molecule has 1 heterocycles. The van der Waals surface area contributed by atoms with Gasteiger partial charge in [-0.2, -0.15) is 0 Å². The van der Waals surface area contributed by atoms with Gasteiger partial charge in [0.25, 0.3) is 0 Å². The van der Waals surface area contributed by atoms with E-state index in [2.05, 4.69) is 45.4 Å². The summed E-state index contributed by atoms with van der Waals surface area (Å²) in [6.07, 6.45) is 2.56. The van der Waals surface area contributed by atoms with Gasteiger partial charge >= 0.3 is 0 Å². The summed E-state index contributed by atoms with van der Waals surface area (Å²) in [7, 11) is 0. The Morgan fingerprint density at radius 1 is 1.00 bits per heavy atom. The number of carbonyl (C=O) groups is 1. The molecule has 1 aliphatic heterocycles. The molecule has 1 saturated heterocycles. The van der Waals surface area contributed by atoms with Crippen LogP contribution in [0.5, 0.6) is 0 Å². The van der Waals surface area contributed by atoms with Crippen LogP contribution in [0.4, 0.5) is 5.69 Å². The summed E-state index contributed by atoms with van der Waals surface area (Å²) in [5.41, 5.74) is 2.50. The van der Waals surface area contributed by atoms with E-state index in [1.54, 1.807) is 0 Å². The molecule has 1 fully saturated rings. The molecule has 1 aliphatic rings. The summed E-state index contributed by atoms with van der Waals surface area (Å²) < 4.78 is 0. The summed E-state index contributed by atoms with van der Waals surface area (Å²) >= 11 is 6.08. The Bertz CT molecular complexity index is 715. The van der Waals surface area contributed by atoms with Gasteiger partial charge < -0.3 is 10.2 Å². The Balaban J connectivity index is 1.29. The standard InChI is InChI=1S/C22H28ClN3O/c23-20-9-4-10-21(18-20)26-16-14-25(15-17-26)13-11-22(27)24-12-5-8-19-6-2-1-3-7-19/h1-4,6-7,9-10,18H,5,8,11-17H2,(H,24,27). The summed E-state index contributed by atoms with van der Waals surface area (Å²) in [5.74, 6) is 0.153. The normalized spacial score (nSPS) is 14.9. The Morgan fingerprint density at radius 3 is 2.52 bits per heavy atom. The van der Waals surface area contributed by atoms with Crippen LogP contribution in [0.15, 0.2) is 54.6 Å². The number of amides is 1. The number of aryl methyl sites for hydroxylation is 1. The molecular weight excluding hydrogens is 358 g/mol. The van der Waals surface area contributed by atoms with Gasteiger partial charge in [0.05, 0.1) is 0 Å². The summed E-state index contributed by atoms with van der Waals surface area (Å²) in [5, 5.41) is 3.82. The van der Waals surface area contributed by atoms with Gasteiger partial charge in [0.2, 0.25) is 5.91 Å². The minimum Gasteiger partial charge on any atom is -0.369 e. The van der Waals surface area contributed by atoms with Crippen LogP contribution in [0.25, 0.3) is 0 Å². The van der Waals surface area contributed by atoms with Crippen molar-refractivity contribution in [2.24, 2.45) is 0 Å². The zero-order valence-electron chi connectivity index (χ0n) is 15.7. The van der Waals surface area contributed by atoms with E-state index in [0.29, 0.717) is 6.42 Å².